The number of nitrogens with zero attached hydrogens (tertiary/aromatic N) is 4. The van der Waals surface area contributed by atoms with Crippen molar-refractivity contribution in [2.24, 2.45) is 9.98 Å². The highest BCUT2D eigenvalue weighted by atomic mass is 15.2. The van der Waals surface area contributed by atoms with E-state index in [1.165, 1.54) is 35.6 Å². The molecular formula is C26H28N4. The minimum absolute atomic E-state index is 0.991. The molecule has 3 aromatic carbocycles. The Balaban J connectivity index is 1.72. The van der Waals surface area contributed by atoms with Gasteiger partial charge in [-0.25, -0.2) is 9.98 Å². The van der Waals surface area contributed by atoms with Gasteiger partial charge in [0.2, 0.25) is 0 Å². The highest BCUT2D eigenvalue weighted by molar-refractivity contribution is 5.81. The molecule has 0 aliphatic carbocycles. The molecule has 0 atom stereocenters. The van der Waals surface area contributed by atoms with E-state index >= 15 is 0 Å². The molecule has 4 nitrogen and oxygen atoms in total. The number of rotatable bonds is 6. The van der Waals surface area contributed by atoms with Gasteiger partial charge in [0, 0.05) is 13.1 Å². The Hall–Kier alpha value is -3.14. The molecule has 0 fully saturated rings. The number of benzene rings is 3. The van der Waals surface area contributed by atoms with Crippen LogP contribution in [0.25, 0.3) is 0 Å². The topological polar surface area (TPSA) is 31.2 Å². The lowest BCUT2D eigenvalue weighted by molar-refractivity contribution is 0.774. The summed E-state index contributed by atoms with van der Waals surface area (Å²) >= 11 is 0. The fourth-order valence-corrected chi connectivity index (χ4v) is 4.37. The summed E-state index contributed by atoms with van der Waals surface area (Å²) in [5.41, 5.74) is 6.82. The number of para-hydroxylation sites is 4. The van der Waals surface area contributed by atoms with E-state index in [0.717, 1.165) is 48.0 Å². The SMILES string of the molecule is CCCCN1c2ccccc2N=c2cc3c(cc21)=Nc1ccccc1N3CCCC. The van der Waals surface area contributed by atoms with E-state index in [4.69, 9.17) is 9.98 Å². The molecule has 0 saturated heterocycles. The number of hydrogen-bond donors (Lipinski definition) is 0. The Kier molecular flexibility index (Phi) is 4.99. The minimum Gasteiger partial charge on any atom is -0.338 e. The third-order valence-corrected chi connectivity index (χ3v) is 5.95. The van der Waals surface area contributed by atoms with Crippen LogP contribution in [-0.4, -0.2) is 13.1 Å². The summed E-state index contributed by atoms with van der Waals surface area (Å²) < 4.78 is 0. The van der Waals surface area contributed by atoms with Gasteiger partial charge in [0.05, 0.1) is 44.8 Å². The molecule has 2 aliphatic rings. The van der Waals surface area contributed by atoms with Gasteiger partial charge < -0.3 is 9.80 Å². The lowest BCUT2D eigenvalue weighted by Gasteiger charge is -2.33. The van der Waals surface area contributed by atoms with Crippen LogP contribution >= 0.6 is 0 Å². The summed E-state index contributed by atoms with van der Waals surface area (Å²) in [6, 6.07) is 21.4. The van der Waals surface area contributed by atoms with Crippen molar-refractivity contribution >= 4 is 34.1 Å². The van der Waals surface area contributed by atoms with Crippen LogP contribution in [-0.2, 0) is 0 Å². The first-order chi connectivity index (χ1) is 14.8. The molecular weight excluding hydrogens is 368 g/mol. The van der Waals surface area contributed by atoms with Gasteiger partial charge in [-0.3, -0.25) is 0 Å². The van der Waals surface area contributed by atoms with E-state index in [9.17, 15) is 0 Å². The summed E-state index contributed by atoms with van der Waals surface area (Å²) in [7, 11) is 0. The van der Waals surface area contributed by atoms with E-state index < -0.39 is 0 Å². The van der Waals surface area contributed by atoms with Gasteiger partial charge in [0.25, 0.3) is 0 Å². The van der Waals surface area contributed by atoms with Crippen molar-refractivity contribution in [2.45, 2.75) is 39.5 Å². The molecule has 0 spiro atoms. The standard InChI is InChI=1S/C26H28N4/c1-3-5-15-29-23-13-9-7-11-19(23)27-21-18-26-22(17-25(21)29)28-20-12-8-10-14-24(20)30(26)16-6-4-2/h7-14,17-18H,3-6,15-16H2,1-2H3. The van der Waals surface area contributed by atoms with E-state index in [1.807, 2.05) is 0 Å². The van der Waals surface area contributed by atoms with Gasteiger partial charge in [0.15, 0.2) is 0 Å². The maximum atomic E-state index is 5.04. The monoisotopic (exact) mass is 396 g/mol. The van der Waals surface area contributed by atoms with Crippen LogP contribution in [0.2, 0.25) is 0 Å². The molecule has 152 valence electrons. The van der Waals surface area contributed by atoms with Crippen molar-refractivity contribution in [3.63, 3.8) is 0 Å². The van der Waals surface area contributed by atoms with Crippen molar-refractivity contribution in [2.75, 3.05) is 22.9 Å². The highest BCUT2D eigenvalue weighted by Crippen LogP contribution is 2.39. The molecule has 0 amide bonds. The first-order valence-electron chi connectivity index (χ1n) is 11.1. The maximum Gasteiger partial charge on any atom is 0.0897 e. The molecule has 0 aromatic heterocycles. The quantitative estimate of drug-likeness (QED) is 0.505. The van der Waals surface area contributed by atoms with Crippen molar-refractivity contribution in [3.8, 4) is 0 Å². The van der Waals surface area contributed by atoms with Crippen molar-refractivity contribution in [1.29, 1.82) is 0 Å². The number of unbranched alkanes of at least 4 members (excludes halogenated alkanes) is 2. The third-order valence-electron chi connectivity index (χ3n) is 5.95. The van der Waals surface area contributed by atoms with Crippen LogP contribution in [0.1, 0.15) is 39.5 Å². The third kappa shape index (κ3) is 3.17. The Morgan fingerprint density at radius 1 is 0.600 bits per heavy atom. The Morgan fingerprint density at radius 3 is 1.47 bits per heavy atom. The summed E-state index contributed by atoms with van der Waals surface area (Å²) in [6.07, 6.45) is 4.62. The van der Waals surface area contributed by atoms with E-state index in [0.29, 0.717) is 0 Å². The smallest absolute Gasteiger partial charge is 0.0897 e. The molecule has 0 radical (unpaired) electrons. The van der Waals surface area contributed by atoms with E-state index in [1.54, 1.807) is 0 Å². The average molecular weight is 397 g/mol. The van der Waals surface area contributed by atoms with Gasteiger partial charge in [-0.1, -0.05) is 51.0 Å². The predicted octanol–water partition coefficient (Wildman–Crippen LogP) is 6.09. The fourth-order valence-electron chi connectivity index (χ4n) is 4.37. The molecule has 2 heterocycles. The van der Waals surface area contributed by atoms with Gasteiger partial charge in [0.1, 0.15) is 0 Å². The summed E-state index contributed by atoms with van der Waals surface area (Å²) in [4.78, 5) is 14.9. The van der Waals surface area contributed by atoms with Crippen LogP contribution in [0.15, 0.2) is 70.6 Å². The van der Waals surface area contributed by atoms with Crippen LogP contribution in [0.5, 0.6) is 0 Å². The van der Waals surface area contributed by atoms with Crippen LogP contribution in [0.4, 0.5) is 34.1 Å². The first kappa shape index (κ1) is 18.9. The Labute approximate surface area is 178 Å². The molecule has 0 unspecified atom stereocenters. The van der Waals surface area contributed by atoms with Crippen LogP contribution in [0, 0.1) is 0 Å². The molecule has 30 heavy (non-hydrogen) atoms. The van der Waals surface area contributed by atoms with Crippen LogP contribution < -0.4 is 20.5 Å². The Bertz CT molecular complexity index is 1100. The fraction of sp³-hybridized carbons (Fsp3) is 0.308. The molecule has 4 heteroatoms. The number of anilines is 4. The summed E-state index contributed by atoms with van der Waals surface area (Å²) in [5.74, 6) is 0. The average Bonchev–Trinajstić information content (AvgIpc) is 2.78. The maximum absolute atomic E-state index is 5.04. The van der Waals surface area contributed by atoms with Gasteiger partial charge in [-0.15, -0.1) is 0 Å². The van der Waals surface area contributed by atoms with Crippen molar-refractivity contribution in [1.82, 2.24) is 0 Å². The minimum atomic E-state index is 0.991. The first-order valence-corrected chi connectivity index (χ1v) is 11.1. The van der Waals surface area contributed by atoms with Crippen molar-refractivity contribution in [3.05, 3.63) is 71.4 Å². The summed E-state index contributed by atoms with van der Waals surface area (Å²) in [5, 5.41) is 2.08. The summed E-state index contributed by atoms with van der Waals surface area (Å²) in [6.45, 7) is 6.47. The number of hydrogen-bond acceptors (Lipinski definition) is 4. The van der Waals surface area contributed by atoms with E-state index in [2.05, 4.69) is 84.3 Å². The van der Waals surface area contributed by atoms with E-state index in [-0.39, 0.29) is 0 Å². The molecule has 0 bridgehead atoms. The predicted molar refractivity (Wildman–Crippen MR) is 125 cm³/mol. The molecule has 3 aromatic rings. The molecule has 0 saturated carbocycles. The zero-order chi connectivity index (χ0) is 20.5. The second kappa shape index (κ2) is 7.94. The zero-order valence-electron chi connectivity index (χ0n) is 17.8. The Morgan fingerprint density at radius 2 is 1.03 bits per heavy atom. The number of fused-ring (bicyclic) bond motifs is 4. The zero-order valence-corrected chi connectivity index (χ0v) is 17.8. The molecule has 0 N–H and O–H groups in total. The van der Waals surface area contributed by atoms with Crippen LogP contribution in [0.3, 0.4) is 0 Å². The van der Waals surface area contributed by atoms with Gasteiger partial charge in [-0.05, 0) is 49.2 Å². The highest BCUT2D eigenvalue weighted by Gasteiger charge is 2.24. The van der Waals surface area contributed by atoms with Gasteiger partial charge in [-0.2, -0.15) is 0 Å². The second-order valence-electron chi connectivity index (χ2n) is 8.04. The van der Waals surface area contributed by atoms with Gasteiger partial charge >= 0.3 is 0 Å². The lowest BCUT2D eigenvalue weighted by Crippen LogP contribution is -2.34. The second-order valence-corrected chi connectivity index (χ2v) is 8.04. The largest absolute Gasteiger partial charge is 0.338 e. The molecule has 5 rings (SSSR count). The lowest BCUT2D eigenvalue weighted by atomic mass is 10.1. The normalized spacial score (nSPS) is 13.5. The molecule has 2 aliphatic heterocycles. The van der Waals surface area contributed by atoms with Crippen molar-refractivity contribution < 1.29 is 0 Å².